The van der Waals surface area contributed by atoms with Gasteiger partial charge in [-0.2, -0.15) is 10.4 Å². The van der Waals surface area contributed by atoms with Crippen LogP contribution in [-0.2, 0) is 4.79 Å². The molecule has 1 atom stereocenters. The molecule has 1 heterocycles. The van der Waals surface area contributed by atoms with Crippen LogP contribution in [0.4, 0.5) is 0 Å². The quantitative estimate of drug-likeness (QED) is 0.652. The lowest BCUT2D eigenvalue weighted by Crippen LogP contribution is -2.36. The SMILES string of the molecule is CC(C)CNC(=O)[C@H](C#N)C(=O)c1cccc(-n2cccn2)c1. The average molecular weight is 310 g/mol. The Balaban J connectivity index is 2.20. The van der Waals surface area contributed by atoms with Crippen LogP contribution >= 0.6 is 0 Å². The summed E-state index contributed by atoms with van der Waals surface area (Å²) >= 11 is 0. The summed E-state index contributed by atoms with van der Waals surface area (Å²) in [5.74, 6) is -2.17. The van der Waals surface area contributed by atoms with Crippen molar-refractivity contribution < 1.29 is 9.59 Å². The van der Waals surface area contributed by atoms with Gasteiger partial charge in [0.15, 0.2) is 11.7 Å². The molecule has 0 fully saturated rings. The normalized spacial score (nSPS) is 11.7. The van der Waals surface area contributed by atoms with Gasteiger partial charge in [0.2, 0.25) is 5.91 Å². The highest BCUT2D eigenvalue weighted by Crippen LogP contribution is 2.14. The van der Waals surface area contributed by atoms with Crippen LogP contribution in [0.25, 0.3) is 5.69 Å². The van der Waals surface area contributed by atoms with Crippen molar-refractivity contribution in [3.8, 4) is 11.8 Å². The summed E-state index contributed by atoms with van der Waals surface area (Å²) in [4.78, 5) is 24.5. The Bertz CT molecular complexity index is 729. The maximum Gasteiger partial charge on any atom is 0.245 e. The first-order valence-electron chi connectivity index (χ1n) is 7.34. The predicted octanol–water partition coefficient (Wildman–Crippen LogP) is 1.97. The number of nitrogens with one attached hydrogen (secondary N) is 1. The van der Waals surface area contributed by atoms with Gasteiger partial charge in [0.1, 0.15) is 0 Å². The molecule has 1 amide bonds. The zero-order valence-electron chi connectivity index (χ0n) is 13.1. The fraction of sp³-hybridized carbons (Fsp3) is 0.294. The second-order valence-electron chi connectivity index (χ2n) is 5.57. The molecule has 6 heteroatoms. The van der Waals surface area contributed by atoms with E-state index in [0.29, 0.717) is 17.8 Å². The smallest absolute Gasteiger partial charge is 0.245 e. The van der Waals surface area contributed by atoms with Gasteiger partial charge >= 0.3 is 0 Å². The van der Waals surface area contributed by atoms with E-state index in [1.807, 2.05) is 13.8 Å². The van der Waals surface area contributed by atoms with Gasteiger partial charge in [-0.3, -0.25) is 9.59 Å². The van der Waals surface area contributed by atoms with Crippen LogP contribution < -0.4 is 5.32 Å². The van der Waals surface area contributed by atoms with Crippen LogP contribution in [0.1, 0.15) is 24.2 Å². The van der Waals surface area contributed by atoms with Crippen molar-refractivity contribution in [2.75, 3.05) is 6.54 Å². The van der Waals surface area contributed by atoms with Crippen molar-refractivity contribution in [2.45, 2.75) is 13.8 Å². The minimum atomic E-state index is -1.35. The molecule has 0 spiro atoms. The number of benzene rings is 1. The largest absolute Gasteiger partial charge is 0.354 e. The lowest BCUT2D eigenvalue weighted by molar-refractivity contribution is -0.122. The molecule has 0 aliphatic heterocycles. The number of carbonyl (C=O) groups is 2. The van der Waals surface area contributed by atoms with E-state index in [0.717, 1.165) is 0 Å². The molecule has 0 bridgehead atoms. The first-order chi connectivity index (χ1) is 11.0. The molecule has 23 heavy (non-hydrogen) atoms. The van der Waals surface area contributed by atoms with Gasteiger partial charge in [0, 0.05) is 24.5 Å². The highest BCUT2D eigenvalue weighted by molar-refractivity contribution is 6.12. The fourth-order valence-corrected chi connectivity index (χ4v) is 2.03. The third-order valence-electron chi connectivity index (χ3n) is 3.24. The van der Waals surface area contributed by atoms with E-state index in [1.54, 1.807) is 53.5 Å². The van der Waals surface area contributed by atoms with E-state index in [1.165, 1.54) is 0 Å². The zero-order chi connectivity index (χ0) is 16.8. The highest BCUT2D eigenvalue weighted by atomic mass is 16.2. The number of amides is 1. The first kappa shape index (κ1) is 16.4. The predicted molar refractivity (Wildman–Crippen MR) is 84.8 cm³/mol. The zero-order valence-corrected chi connectivity index (χ0v) is 13.1. The molecule has 2 aromatic rings. The lowest BCUT2D eigenvalue weighted by atomic mass is 9.97. The number of ketones is 1. The second-order valence-corrected chi connectivity index (χ2v) is 5.57. The molecule has 1 aromatic heterocycles. The molecule has 0 radical (unpaired) electrons. The Kier molecular flexibility index (Phi) is 5.26. The number of Topliss-reactive ketones (excluding diaryl/α,β-unsaturated/α-hetero) is 1. The lowest BCUT2D eigenvalue weighted by Gasteiger charge is -2.12. The van der Waals surface area contributed by atoms with Crippen molar-refractivity contribution >= 4 is 11.7 Å². The molecular weight excluding hydrogens is 292 g/mol. The Morgan fingerprint density at radius 1 is 1.35 bits per heavy atom. The van der Waals surface area contributed by atoms with Crippen molar-refractivity contribution in [1.29, 1.82) is 5.26 Å². The minimum absolute atomic E-state index is 0.247. The summed E-state index contributed by atoms with van der Waals surface area (Å²) in [6.45, 7) is 4.31. The van der Waals surface area contributed by atoms with E-state index in [-0.39, 0.29) is 5.92 Å². The average Bonchev–Trinajstić information content (AvgIpc) is 3.08. The van der Waals surface area contributed by atoms with Gasteiger partial charge in [-0.15, -0.1) is 0 Å². The first-order valence-corrected chi connectivity index (χ1v) is 7.34. The van der Waals surface area contributed by atoms with Crippen LogP contribution in [0.5, 0.6) is 0 Å². The van der Waals surface area contributed by atoms with Crippen molar-refractivity contribution in [2.24, 2.45) is 11.8 Å². The van der Waals surface area contributed by atoms with Gasteiger partial charge in [0.25, 0.3) is 0 Å². The summed E-state index contributed by atoms with van der Waals surface area (Å²) in [7, 11) is 0. The number of nitrogens with zero attached hydrogens (tertiary/aromatic N) is 3. The van der Waals surface area contributed by atoms with Gasteiger partial charge in [-0.25, -0.2) is 4.68 Å². The molecule has 6 nitrogen and oxygen atoms in total. The Morgan fingerprint density at radius 3 is 2.74 bits per heavy atom. The van der Waals surface area contributed by atoms with E-state index >= 15 is 0 Å². The fourth-order valence-electron chi connectivity index (χ4n) is 2.03. The Hall–Kier alpha value is -2.94. The highest BCUT2D eigenvalue weighted by Gasteiger charge is 2.27. The molecule has 2 rings (SSSR count). The number of hydrogen-bond donors (Lipinski definition) is 1. The van der Waals surface area contributed by atoms with Gasteiger partial charge in [-0.1, -0.05) is 26.0 Å². The molecule has 0 saturated carbocycles. The number of aromatic nitrogens is 2. The third kappa shape index (κ3) is 4.04. The van der Waals surface area contributed by atoms with Gasteiger partial charge in [0.05, 0.1) is 11.8 Å². The Morgan fingerprint density at radius 2 is 2.13 bits per heavy atom. The van der Waals surface area contributed by atoms with E-state index in [9.17, 15) is 14.9 Å². The molecule has 0 aliphatic carbocycles. The summed E-state index contributed by atoms with van der Waals surface area (Å²) < 4.78 is 1.61. The third-order valence-corrected chi connectivity index (χ3v) is 3.24. The molecule has 0 aliphatic rings. The maximum atomic E-state index is 12.5. The van der Waals surface area contributed by atoms with Crippen LogP contribution in [0.3, 0.4) is 0 Å². The van der Waals surface area contributed by atoms with Crippen LogP contribution in [0.2, 0.25) is 0 Å². The molecule has 118 valence electrons. The minimum Gasteiger partial charge on any atom is -0.354 e. The van der Waals surface area contributed by atoms with Crippen molar-refractivity contribution in [3.63, 3.8) is 0 Å². The number of hydrogen-bond acceptors (Lipinski definition) is 4. The summed E-state index contributed by atoms with van der Waals surface area (Å²) in [6.07, 6.45) is 3.38. The molecule has 0 unspecified atom stereocenters. The summed E-state index contributed by atoms with van der Waals surface area (Å²) in [5, 5.41) is 15.9. The van der Waals surface area contributed by atoms with Crippen LogP contribution in [0, 0.1) is 23.2 Å². The van der Waals surface area contributed by atoms with Crippen LogP contribution in [0.15, 0.2) is 42.7 Å². The second kappa shape index (κ2) is 7.36. The standard InChI is InChI=1S/C17H18N4O2/c1-12(2)11-19-17(23)15(10-18)16(22)13-5-3-6-14(9-13)21-8-4-7-20-21/h3-9,12,15H,11H2,1-2H3,(H,19,23)/t15-/m1/s1. The van der Waals surface area contributed by atoms with Gasteiger partial charge < -0.3 is 5.32 Å². The maximum absolute atomic E-state index is 12.5. The van der Waals surface area contributed by atoms with Gasteiger partial charge in [-0.05, 0) is 24.1 Å². The molecule has 1 aromatic carbocycles. The van der Waals surface area contributed by atoms with E-state index < -0.39 is 17.6 Å². The molecular formula is C17H18N4O2. The van der Waals surface area contributed by atoms with E-state index in [4.69, 9.17) is 0 Å². The molecule has 0 saturated heterocycles. The summed E-state index contributed by atoms with van der Waals surface area (Å²) in [6, 6.07) is 10.3. The van der Waals surface area contributed by atoms with Crippen LogP contribution in [-0.4, -0.2) is 28.0 Å². The monoisotopic (exact) mass is 310 g/mol. The topological polar surface area (TPSA) is 87.8 Å². The van der Waals surface area contributed by atoms with E-state index in [2.05, 4.69) is 10.4 Å². The number of rotatable bonds is 6. The number of nitriles is 1. The Labute approximate surface area is 134 Å². The molecule has 1 N–H and O–H groups in total. The number of carbonyl (C=O) groups excluding carboxylic acids is 2. The summed E-state index contributed by atoms with van der Waals surface area (Å²) in [5.41, 5.74) is 1.00. The van der Waals surface area contributed by atoms with Crippen molar-refractivity contribution in [1.82, 2.24) is 15.1 Å². The van der Waals surface area contributed by atoms with Crippen molar-refractivity contribution in [3.05, 3.63) is 48.3 Å².